The van der Waals surface area contributed by atoms with Gasteiger partial charge in [-0.2, -0.15) is 0 Å². The zero-order valence-corrected chi connectivity index (χ0v) is 14.5. The van der Waals surface area contributed by atoms with E-state index in [0.717, 1.165) is 25.1 Å². The zero-order valence-electron chi connectivity index (χ0n) is 14.5. The van der Waals surface area contributed by atoms with E-state index in [9.17, 15) is 4.79 Å². The van der Waals surface area contributed by atoms with Crippen LogP contribution in [0.25, 0.3) is 0 Å². The molecule has 4 rings (SSSR count). The second-order valence-electron chi connectivity index (χ2n) is 6.56. The molecule has 4 nitrogen and oxygen atoms in total. The number of aromatic nitrogens is 1. The number of amides is 1. The number of rotatable bonds is 5. The second kappa shape index (κ2) is 7.50. The van der Waals surface area contributed by atoms with Crippen LogP contribution in [-0.2, 0) is 13.0 Å². The maximum Gasteiger partial charge on any atom is 0.255 e. The van der Waals surface area contributed by atoms with Gasteiger partial charge in [-0.25, -0.2) is 0 Å². The smallest absolute Gasteiger partial charge is 0.255 e. The molecule has 0 radical (unpaired) electrons. The van der Waals surface area contributed by atoms with Crippen LogP contribution in [0.5, 0.6) is 0 Å². The van der Waals surface area contributed by atoms with Gasteiger partial charge in [-0.3, -0.25) is 9.78 Å². The third kappa shape index (κ3) is 3.65. The minimum atomic E-state index is -0.124. The summed E-state index contributed by atoms with van der Waals surface area (Å²) < 4.78 is 0. The summed E-state index contributed by atoms with van der Waals surface area (Å²) in [5, 5.41) is 6.55. The lowest BCUT2D eigenvalue weighted by Crippen LogP contribution is -2.18. The molecule has 1 heterocycles. The topological polar surface area (TPSA) is 54.0 Å². The Morgan fingerprint density at radius 3 is 2.58 bits per heavy atom. The highest BCUT2D eigenvalue weighted by molar-refractivity contribution is 6.04. The third-order valence-corrected chi connectivity index (χ3v) is 4.84. The molecule has 1 aromatic heterocycles. The number of pyridine rings is 1. The Morgan fingerprint density at radius 2 is 1.77 bits per heavy atom. The maximum absolute atomic E-state index is 12.2. The molecule has 0 saturated heterocycles. The SMILES string of the molecule is O=C(Nc1ccc(CNC2CCc3ccccc32)cc1)c1ccncc1. The predicted molar refractivity (Wildman–Crippen MR) is 103 cm³/mol. The Labute approximate surface area is 153 Å². The third-order valence-electron chi connectivity index (χ3n) is 4.84. The van der Waals surface area contributed by atoms with E-state index in [1.165, 1.54) is 16.7 Å². The van der Waals surface area contributed by atoms with E-state index in [2.05, 4.69) is 52.0 Å². The van der Waals surface area contributed by atoms with Gasteiger partial charge in [-0.1, -0.05) is 36.4 Å². The molecule has 0 aliphatic heterocycles. The zero-order chi connectivity index (χ0) is 17.8. The molecule has 1 aliphatic carbocycles. The Kier molecular flexibility index (Phi) is 4.75. The molecule has 1 amide bonds. The molecular formula is C22H21N3O. The van der Waals surface area contributed by atoms with Crippen molar-refractivity contribution in [1.29, 1.82) is 0 Å². The van der Waals surface area contributed by atoms with Crippen LogP contribution < -0.4 is 10.6 Å². The highest BCUT2D eigenvalue weighted by Crippen LogP contribution is 2.30. The van der Waals surface area contributed by atoms with Gasteiger partial charge in [0.2, 0.25) is 0 Å². The number of nitrogens with zero attached hydrogens (tertiary/aromatic N) is 1. The van der Waals surface area contributed by atoms with Crippen molar-refractivity contribution in [1.82, 2.24) is 10.3 Å². The van der Waals surface area contributed by atoms with E-state index < -0.39 is 0 Å². The summed E-state index contributed by atoms with van der Waals surface area (Å²) in [7, 11) is 0. The molecule has 26 heavy (non-hydrogen) atoms. The molecule has 0 saturated carbocycles. The normalized spacial score (nSPS) is 15.5. The number of hydrogen-bond donors (Lipinski definition) is 2. The first-order chi connectivity index (χ1) is 12.8. The summed E-state index contributed by atoms with van der Waals surface area (Å²) in [5.41, 5.74) is 5.48. The van der Waals surface area contributed by atoms with Gasteiger partial charge in [-0.15, -0.1) is 0 Å². The molecule has 2 N–H and O–H groups in total. The van der Waals surface area contributed by atoms with Crippen molar-refractivity contribution in [2.75, 3.05) is 5.32 Å². The number of carbonyl (C=O) groups excluding carboxylic acids is 1. The lowest BCUT2D eigenvalue weighted by Gasteiger charge is -2.14. The molecule has 3 aromatic rings. The molecule has 0 spiro atoms. The van der Waals surface area contributed by atoms with Gasteiger partial charge in [0.05, 0.1) is 0 Å². The number of hydrogen-bond acceptors (Lipinski definition) is 3. The minimum Gasteiger partial charge on any atom is -0.322 e. The number of nitrogens with one attached hydrogen (secondary N) is 2. The van der Waals surface area contributed by atoms with Crippen molar-refractivity contribution in [3.05, 3.63) is 95.3 Å². The van der Waals surface area contributed by atoms with E-state index in [-0.39, 0.29) is 5.91 Å². The molecule has 0 fully saturated rings. The van der Waals surface area contributed by atoms with Crippen LogP contribution in [0, 0.1) is 0 Å². The van der Waals surface area contributed by atoms with Crippen molar-refractivity contribution in [2.45, 2.75) is 25.4 Å². The second-order valence-corrected chi connectivity index (χ2v) is 6.56. The fourth-order valence-corrected chi connectivity index (χ4v) is 3.42. The first-order valence-electron chi connectivity index (χ1n) is 8.91. The van der Waals surface area contributed by atoms with Crippen LogP contribution in [0.3, 0.4) is 0 Å². The van der Waals surface area contributed by atoms with Crippen LogP contribution in [-0.4, -0.2) is 10.9 Å². The van der Waals surface area contributed by atoms with Crippen LogP contribution in [0.1, 0.15) is 39.5 Å². The summed E-state index contributed by atoms with van der Waals surface area (Å²) >= 11 is 0. The average Bonchev–Trinajstić information content (AvgIpc) is 3.11. The maximum atomic E-state index is 12.2. The summed E-state index contributed by atoms with van der Waals surface area (Å²) in [5.74, 6) is -0.124. The Balaban J connectivity index is 1.34. The molecule has 1 aliphatic rings. The first-order valence-corrected chi connectivity index (χ1v) is 8.91. The highest BCUT2D eigenvalue weighted by atomic mass is 16.1. The number of aryl methyl sites for hydroxylation is 1. The Hall–Kier alpha value is -2.98. The minimum absolute atomic E-state index is 0.124. The summed E-state index contributed by atoms with van der Waals surface area (Å²) in [6.07, 6.45) is 5.53. The van der Waals surface area contributed by atoms with Crippen LogP contribution in [0.2, 0.25) is 0 Å². The molecule has 2 aromatic carbocycles. The van der Waals surface area contributed by atoms with Gasteiger partial charge in [0.25, 0.3) is 5.91 Å². The summed E-state index contributed by atoms with van der Waals surface area (Å²) in [6.45, 7) is 0.817. The number of fused-ring (bicyclic) bond motifs is 1. The number of anilines is 1. The molecule has 1 unspecified atom stereocenters. The van der Waals surface area contributed by atoms with E-state index in [1.807, 2.05) is 12.1 Å². The van der Waals surface area contributed by atoms with Crippen molar-refractivity contribution in [3.63, 3.8) is 0 Å². The Morgan fingerprint density at radius 1 is 1.00 bits per heavy atom. The van der Waals surface area contributed by atoms with E-state index in [4.69, 9.17) is 0 Å². The standard InChI is InChI=1S/C22H21N3O/c26-22(18-11-13-23-14-12-18)25-19-8-5-16(6-9-19)15-24-21-10-7-17-3-1-2-4-20(17)21/h1-6,8-9,11-14,21,24H,7,10,15H2,(H,25,26). The number of carbonyl (C=O) groups is 1. The van der Waals surface area contributed by atoms with Gasteiger partial charge in [0.1, 0.15) is 0 Å². The van der Waals surface area contributed by atoms with Crippen LogP contribution in [0.4, 0.5) is 5.69 Å². The molecule has 4 heteroatoms. The lowest BCUT2D eigenvalue weighted by molar-refractivity contribution is 0.102. The van der Waals surface area contributed by atoms with Gasteiger partial charge >= 0.3 is 0 Å². The van der Waals surface area contributed by atoms with Crippen LogP contribution >= 0.6 is 0 Å². The van der Waals surface area contributed by atoms with Crippen LogP contribution in [0.15, 0.2) is 73.1 Å². The van der Waals surface area contributed by atoms with E-state index >= 15 is 0 Å². The molecule has 0 bridgehead atoms. The fraction of sp³-hybridized carbons (Fsp3) is 0.182. The molecule has 1 atom stereocenters. The first kappa shape index (κ1) is 16.5. The highest BCUT2D eigenvalue weighted by Gasteiger charge is 2.20. The number of benzene rings is 2. The van der Waals surface area contributed by atoms with Crippen molar-refractivity contribution < 1.29 is 4.79 Å². The lowest BCUT2D eigenvalue weighted by atomic mass is 10.1. The van der Waals surface area contributed by atoms with Gasteiger partial charge in [0.15, 0.2) is 0 Å². The molecule has 130 valence electrons. The van der Waals surface area contributed by atoms with E-state index in [1.54, 1.807) is 24.5 Å². The van der Waals surface area contributed by atoms with Gasteiger partial charge in [0, 0.05) is 36.2 Å². The molecular weight excluding hydrogens is 322 g/mol. The van der Waals surface area contributed by atoms with Gasteiger partial charge < -0.3 is 10.6 Å². The van der Waals surface area contributed by atoms with E-state index in [0.29, 0.717) is 11.6 Å². The van der Waals surface area contributed by atoms with Crippen molar-refractivity contribution >= 4 is 11.6 Å². The summed E-state index contributed by atoms with van der Waals surface area (Å²) in [4.78, 5) is 16.1. The van der Waals surface area contributed by atoms with Gasteiger partial charge in [-0.05, 0) is 53.8 Å². The predicted octanol–water partition coefficient (Wildman–Crippen LogP) is 4.11. The monoisotopic (exact) mass is 343 g/mol. The quantitative estimate of drug-likeness (QED) is 0.733. The van der Waals surface area contributed by atoms with Crippen molar-refractivity contribution in [2.24, 2.45) is 0 Å². The Bertz CT molecular complexity index is 891. The summed E-state index contributed by atoms with van der Waals surface area (Å²) in [6, 6.07) is 20.5. The average molecular weight is 343 g/mol. The fourth-order valence-electron chi connectivity index (χ4n) is 3.42. The largest absolute Gasteiger partial charge is 0.322 e. The van der Waals surface area contributed by atoms with Crippen molar-refractivity contribution in [3.8, 4) is 0 Å².